The number of hydrogen-bond acceptors (Lipinski definition) is 5. The lowest BCUT2D eigenvalue weighted by Gasteiger charge is -2.15. The Kier molecular flexibility index (Phi) is 5.62. The van der Waals surface area contributed by atoms with E-state index < -0.39 is 10.0 Å². The third kappa shape index (κ3) is 4.17. The van der Waals surface area contributed by atoms with E-state index in [0.29, 0.717) is 46.3 Å². The topological polar surface area (TPSA) is 110 Å². The normalized spacial score (nSPS) is 13.7. The summed E-state index contributed by atoms with van der Waals surface area (Å²) < 4.78 is 29.7. The molecule has 0 fully saturated rings. The first kappa shape index (κ1) is 21.8. The average molecular weight is 475 g/mol. The highest BCUT2D eigenvalue weighted by Gasteiger charge is 2.19. The lowest BCUT2D eigenvalue weighted by atomic mass is 10.1. The van der Waals surface area contributed by atoms with Crippen LogP contribution in [0, 0.1) is 0 Å². The number of rotatable bonds is 5. The maximum Gasteiger partial charge on any atom is 0.262 e. The van der Waals surface area contributed by atoms with E-state index in [2.05, 4.69) is 15.0 Å². The molecule has 0 radical (unpaired) electrons. The van der Waals surface area contributed by atoms with E-state index in [1.165, 1.54) is 12.1 Å². The number of sulfonamides is 1. The van der Waals surface area contributed by atoms with E-state index in [1.54, 1.807) is 53.1 Å². The summed E-state index contributed by atoms with van der Waals surface area (Å²) in [5.74, 6) is 0.105. The minimum Gasteiger partial charge on any atom is -0.331 e. The van der Waals surface area contributed by atoms with Crippen LogP contribution in [0.2, 0.25) is 0 Å². The number of aliphatic imine (C=N–C) groups is 1. The minimum atomic E-state index is -3.80. The summed E-state index contributed by atoms with van der Waals surface area (Å²) in [6.45, 7) is 0.565. The monoisotopic (exact) mass is 474 g/mol. The lowest BCUT2D eigenvalue weighted by molar-refractivity contribution is -0.116. The van der Waals surface area contributed by atoms with Gasteiger partial charge in [-0.25, -0.2) is 8.42 Å². The zero-order valence-electron chi connectivity index (χ0n) is 18.2. The van der Waals surface area contributed by atoms with Gasteiger partial charge in [0.2, 0.25) is 5.91 Å². The van der Waals surface area contributed by atoms with Crippen LogP contribution in [0.1, 0.15) is 12.8 Å². The summed E-state index contributed by atoms with van der Waals surface area (Å²) in [6.07, 6.45) is 1.42. The van der Waals surface area contributed by atoms with Crippen LogP contribution in [-0.2, 0) is 21.4 Å². The molecule has 8 nitrogen and oxygen atoms in total. The van der Waals surface area contributed by atoms with E-state index in [9.17, 15) is 18.0 Å². The molecule has 172 valence electrons. The van der Waals surface area contributed by atoms with Gasteiger partial charge in [0.05, 0.1) is 15.9 Å². The van der Waals surface area contributed by atoms with Crippen LogP contribution in [-0.4, -0.2) is 31.3 Å². The van der Waals surface area contributed by atoms with E-state index in [4.69, 9.17) is 0 Å². The van der Waals surface area contributed by atoms with Gasteiger partial charge in [-0.3, -0.25) is 19.3 Å². The van der Waals surface area contributed by atoms with Crippen molar-refractivity contribution in [2.45, 2.75) is 24.3 Å². The number of fused-ring (bicyclic) bond motifs is 2. The Morgan fingerprint density at radius 2 is 1.62 bits per heavy atom. The lowest BCUT2D eigenvalue weighted by Crippen LogP contribution is -2.29. The number of nitrogens with zero attached hydrogens (tertiary/aromatic N) is 2. The second kappa shape index (κ2) is 8.75. The number of carbonyl (C=O) groups is 1. The Labute approximate surface area is 196 Å². The Morgan fingerprint density at radius 1 is 0.941 bits per heavy atom. The van der Waals surface area contributed by atoms with Gasteiger partial charge in [-0.2, -0.15) is 0 Å². The van der Waals surface area contributed by atoms with Gasteiger partial charge in [0.15, 0.2) is 5.43 Å². The summed E-state index contributed by atoms with van der Waals surface area (Å²) in [5, 5.41) is 3.84. The highest BCUT2D eigenvalue weighted by molar-refractivity contribution is 7.90. The number of carbonyl (C=O) groups excluding carboxylic acids is 1. The number of aromatic nitrogens is 1. The van der Waals surface area contributed by atoms with Gasteiger partial charge in [0, 0.05) is 29.4 Å². The van der Waals surface area contributed by atoms with Gasteiger partial charge >= 0.3 is 0 Å². The zero-order valence-corrected chi connectivity index (χ0v) is 19.0. The molecule has 2 heterocycles. The molecule has 0 bridgehead atoms. The third-order valence-corrected chi connectivity index (χ3v) is 7.11. The molecule has 0 saturated carbocycles. The van der Waals surface area contributed by atoms with Crippen LogP contribution in [0.25, 0.3) is 21.8 Å². The molecule has 0 unspecified atom stereocenters. The smallest absolute Gasteiger partial charge is 0.262 e. The number of nitrogens with one attached hydrogen (secondary N) is 2. The summed E-state index contributed by atoms with van der Waals surface area (Å²) in [4.78, 5) is 30.1. The van der Waals surface area contributed by atoms with Gasteiger partial charge in [0.25, 0.3) is 10.0 Å². The molecule has 0 aliphatic carbocycles. The Morgan fingerprint density at radius 3 is 2.26 bits per heavy atom. The molecule has 0 spiro atoms. The number of amides is 1. The van der Waals surface area contributed by atoms with Crippen molar-refractivity contribution in [3.05, 3.63) is 83.0 Å². The predicted molar refractivity (Wildman–Crippen MR) is 133 cm³/mol. The standard InChI is InChI=1S/C25H22N4O4S/c30-24(27-17-7-5-8-18(15-17)34(32,33)28-23-13-6-14-26-23)16-29-21-11-3-1-9-19(21)25(31)20-10-2-4-12-22(20)29/h1-5,7-12,15H,6,13-14,16H2,(H,26,28)(H,27,30). The number of benzene rings is 3. The highest BCUT2D eigenvalue weighted by atomic mass is 32.2. The van der Waals surface area contributed by atoms with Crippen molar-refractivity contribution in [1.29, 1.82) is 0 Å². The second-order valence-electron chi connectivity index (χ2n) is 8.06. The largest absolute Gasteiger partial charge is 0.331 e. The fraction of sp³-hybridized carbons (Fsp3) is 0.160. The summed E-state index contributed by atoms with van der Waals surface area (Å²) >= 11 is 0. The van der Waals surface area contributed by atoms with Gasteiger partial charge in [0.1, 0.15) is 12.4 Å². The number of anilines is 1. The Balaban J connectivity index is 1.44. The van der Waals surface area contributed by atoms with Crippen molar-refractivity contribution in [3.63, 3.8) is 0 Å². The fourth-order valence-corrected chi connectivity index (χ4v) is 5.30. The summed E-state index contributed by atoms with van der Waals surface area (Å²) in [6, 6.07) is 20.4. The number of amidine groups is 1. The van der Waals surface area contributed by atoms with Crippen LogP contribution in [0.3, 0.4) is 0 Å². The van der Waals surface area contributed by atoms with Gasteiger partial charge in [-0.1, -0.05) is 30.3 Å². The van der Waals surface area contributed by atoms with E-state index >= 15 is 0 Å². The van der Waals surface area contributed by atoms with E-state index in [1.807, 2.05) is 12.1 Å². The van der Waals surface area contributed by atoms with Crippen molar-refractivity contribution in [2.24, 2.45) is 4.99 Å². The molecule has 1 aliphatic heterocycles. The number of para-hydroxylation sites is 2. The molecule has 2 N–H and O–H groups in total. The molecule has 1 aromatic heterocycles. The van der Waals surface area contributed by atoms with Gasteiger partial charge in [-0.15, -0.1) is 0 Å². The van der Waals surface area contributed by atoms with Crippen LogP contribution >= 0.6 is 0 Å². The van der Waals surface area contributed by atoms with Crippen molar-refractivity contribution >= 4 is 49.3 Å². The van der Waals surface area contributed by atoms with Crippen LogP contribution in [0.5, 0.6) is 0 Å². The third-order valence-electron chi connectivity index (χ3n) is 5.74. The molecule has 9 heteroatoms. The highest BCUT2D eigenvalue weighted by Crippen LogP contribution is 2.20. The van der Waals surface area contributed by atoms with E-state index in [-0.39, 0.29) is 22.8 Å². The first-order valence-electron chi connectivity index (χ1n) is 10.9. The molecule has 1 amide bonds. The predicted octanol–water partition coefficient (Wildman–Crippen LogP) is 3.26. The molecular formula is C25H22N4O4S. The maximum atomic E-state index is 13.0. The molecule has 3 aromatic carbocycles. The van der Waals surface area contributed by atoms with E-state index in [0.717, 1.165) is 6.42 Å². The SMILES string of the molecule is O=C(Cn1c2ccccc2c(=O)c2ccccc21)Nc1cccc(S(=O)(=O)NC2=NCCC2)c1. The molecule has 1 aliphatic rings. The van der Waals surface area contributed by atoms with Crippen LogP contribution < -0.4 is 15.5 Å². The fourth-order valence-electron chi connectivity index (χ4n) is 4.17. The molecule has 34 heavy (non-hydrogen) atoms. The van der Waals surface area contributed by atoms with Gasteiger partial charge < -0.3 is 9.88 Å². The first-order valence-corrected chi connectivity index (χ1v) is 12.4. The van der Waals surface area contributed by atoms with Crippen LogP contribution in [0.4, 0.5) is 5.69 Å². The molecule has 5 rings (SSSR count). The minimum absolute atomic E-state index is 0.0409. The first-order chi connectivity index (χ1) is 16.4. The summed E-state index contributed by atoms with van der Waals surface area (Å²) in [5.41, 5.74) is 1.58. The Bertz CT molecular complexity index is 1560. The average Bonchev–Trinajstić information content (AvgIpc) is 3.34. The van der Waals surface area contributed by atoms with Crippen molar-refractivity contribution in [1.82, 2.24) is 9.29 Å². The Hall–Kier alpha value is -3.98. The number of pyridine rings is 1. The number of hydrogen-bond donors (Lipinski definition) is 2. The van der Waals surface area contributed by atoms with Crippen molar-refractivity contribution in [3.8, 4) is 0 Å². The molecule has 0 atom stereocenters. The molecule has 4 aromatic rings. The molecule has 0 saturated heterocycles. The zero-order chi connectivity index (χ0) is 23.7. The quantitative estimate of drug-likeness (QED) is 0.433. The van der Waals surface area contributed by atoms with Crippen molar-refractivity contribution < 1.29 is 13.2 Å². The van der Waals surface area contributed by atoms with Crippen molar-refractivity contribution in [2.75, 3.05) is 11.9 Å². The van der Waals surface area contributed by atoms with Gasteiger partial charge in [-0.05, 0) is 48.9 Å². The molecular weight excluding hydrogens is 452 g/mol. The van der Waals surface area contributed by atoms with Crippen LogP contribution in [0.15, 0.2) is 87.5 Å². The summed E-state index contributed by atoms with van der Waals surface area (Å²) in [7, 11) is -3.80. The second-order valence-corrected chi connectivity index (χ2v) is 9.75. The maximum absolute atomic E-state index is 13.0.